The van der Waals surface area contributed by atoms with Gasteiger partial charge >= 0.3 is 0 Å². The van der Waals surface area contributed by atoms with Crippen molar-refractivity contribution < 1.29 is 4.74 Å². The van der Waals surface area contributed by atoms with Crippen molar-refractivity contribution in [3.8, 4) is 0 Å². The summed E-state index contributed by atoms with van der Waals surface area (Å²) in [5.41, 5.74) is 2.65. The van der Waals surface area contributed by atoms with Gasteiger partial charge in [-0.15, -0.1) is 0 Å². The van der Waals surface area contributed by atoms with Crippen LogP contribution < -0.4 is 5.32 Å². The minimum atomic E-state index is 0.278. The second kappa shape index (κ2) is 8.08. The first-order valence-electron chi connectivity index (χ1n) is 13.4. The molecule has 2 nitrogen and oxygen atoms in total. The van der Waals surface area contributed by atoms with E-state index in [9.17, 15) is 0 Å². The topological polar surface area (TPSA) is 21.3 Å². The summed E-state index contributed by atoms with van der Waals surface area (Å²) < 4.78 is 6.43. The lowest BCUT2D eigenvalue weighted by atomic mass is 9.41. The Morgan fingerprint density at radius 1 is 0.903 bits per heavy atom. The number of hydrogen-bond acceptors (Lipinski definition) is 2. The van der Waals surface area contributed by atoms with Gasteiger partial charge in [0.2, 0.25) is 0 Å². The second-order valence-electron chi connectivity index (χ2n) is 12.2. The van der Waals surface area contributed by atoms with Crippen LogP contribution in [-0.2, 0) is 4.74 Å². The second-order valence-corrected chi connectivity index (χ2v) is 12.2. The lowest BCUT2D eigenvalue weighted by molar-refractivity contribution is -0.153. The van der Waals surface area contributed by atoms with Gasteiger partial charge in [0.05, 0.1) is 6.10 Å². The Morgan fingerprint density at radius 2 is 1.74 bits per heavy atom. The zero-order chi connectivity index (χ0) is 21.7. The standard InChI is InChI=1S/C29H45NO/c1-5-20-31-26-14-12-22-21-11-13-24-27(2,23(21)15-18-28(22,26)3)16-9-17-29(24,4)25-10-7-6-8-19-30-25/h6-8,10,19,21-24,26,30H,5,9,11-18,20H2,1-4H3/t21-,22-,23-,24?,26?,27+,28-,29?/m0/s1. The van der Waals surface area contributed by atoms with Crippen LogP contribution in [-0.4, -0.2) is 12.7 Å². The zero-order valence-corrected chi connectivity index (χ0v) is 20.5. The third-order valence-corrected chi connectivity index (χ3v) is 10.9. The number of hydrogen-bond donors (Lipinski definition) is 1. The molecule has 172 valence electrons. The van der Waals surface area contributed by atoms with Crippen LogP contribution in [0.25, 0.3) is 0 Å². The van der Waals surface area contributed by atoms with Crippen LogP contribution >= 0.6 is 0 Å². The molecule has 2 heteroatoms. The van der Waals surface area contributed by atoms with Crippen molar-refractivity contribution in [3.05, 3.63) is 36.2 Å². The molecule has 0 aromatic carbocycles. The molecule has 0 radical (unpaired) electrons. The van der Waals surface area contributed by atoms with E-state index in [2.05, 4.69) is 63.5 Å². The first-order chi connectivity index (χ1) is 14.9. The highest BCUT2D eigenvalue weighted by atomic mass is 16.5. The molecular weight excluding hydrogens is 378 g/mol. The SMILES string of the molecule is CCCOC1CC[C@H]2[C@@H]3CCC4C(C)(C5=CC=CC=CN5)CCC[C@]4(C)[C@H]3CC[C@]12C. The van der Waals surface area contributed by atoms with E-state index in [1.165, 1.54) is 63.5 Å². The van der Waals surface area contributed by atoms with Crippen molar-refractivity contribution in [1.82, 2.24) is 5.32 Å². The molecule has 3 unspecified atom stereocenters. The number of ether oxygens (including phenoxy) is 1. The molecular formula is C29H45NO. The highest BCUT2D eigenvalue weighted by molar-refractivity contribution is 5.28. The van der Waals surface area contributed by atoms with Crippen molar-refractivity contribution in [2.45, 2.75) is 98.0 Å². The van der Waals surface area contributed by atoms with Gasteiger partial charge in [-0.2, -0.15) is 0 Å². The van der Waals surface area contributed by atoms with Crippen LogP contribution in [0.4, 0.5) is 0 Å². The lowest BCUT2D eigenvalue weighted by Gasteiger charge is -2.64. The molecule has 0 aromatic heterocycles. The van der Waals surface area contributed by atoms with Crippen molar-refractivity contribution in [2.75, 3.05) is 6.61 Å². The molecule has 0 spiro atoms. The van der Waals surface area contributed by atoms with Gasteiger partial charge in [-0.25, -0.2) is 0 Å². The Balaban J connectivity index is 1.42. The Kier molecular flexibility index (Phi) is 5.69. The Hall–Kier alpha value is -1.02. The molecule has 0 bridgehead atoms. The lowest BCUT2D eigenvalue weighted by Crippen LogP contribution is -2.58. The van der Waals surface area contributed by atoms with E-state index in [1.54, 1.807) is 0 Å². The average molecular weight is 424 g/mol. The first-order valence-corrected chi connectivity index (χ1v) is 13.4. The van der Waals surface area contributed by atoms with Crippen LogP contribution in [0.15, 0.2) is 36.2 Å². The summed E-state index contributed by atoms with van der Waals surface area (Å²) in [6.07, 6.45) is 25.2. The minimum Gasteiger partial charge on any atom is -0.378 e. The molecule has 4 fully saturated rings. The van der Waals surface area contributed by atoms with Gasteiger partial charge in [-0.05, 0) is 104 Å². The molecule has 1 aliphatic heterocycles. The smallest absolute Gasteiger partial charge is 0.0631 e. The number of nitrogens with one attached hydrogen (secondary N) is 1. The average Bonchev–Trinajstić information content (AvgIpc) is 2.92. The largest absolute Gasteiger partial charge is 0.378 e. The van der Waals surface area contributed by atoms with Crippen LogP contribution in [0, 0.1) is 39.9 Å². The molecule has 5 rings (SSSR count). The summed E-state index contributed by atoms with van der Waals surface area (Å²) >= 11 is 0. The minimum absolute atomic E-state index is 0.278. The Morgan fingerprint density at radius 3 is 2.58 bits per heavy atom. The fourth-order valence-electron chi connectivity index (χ4n) is 9.49. The summed E-state index contributed by atoms with van der Waals surface area (Å²) in [5.74, 6) is 3.52. The molecule has 0 saturated heterocycles. The van der Waals surface area contributed by atoms with Gasteiger partial charge < -0.3 is 10.1 Å². The molecule has 31 heavy (non-hydrogen) atoms. The molecule has 0 amide bonds. The van der Waals surface area contributed by atoms with E-state index in [-0.39, 0.29) is 5.41 Å². The van der Waals surface area contributed by atoms with E-state index in [0.717, 1.165) is 36.7 Å². The van der Waals surface area contributed by atoms with E-state index >= 15 is 0 Å². The molecule has 8 atom stereocenters. The normalized spacial score (nSPS) is 48.8. The molecule has 4 saturated carbocycles. The van der Waals surface area contributed by atoms with Crippen LogP contribution in [0.3, 0.4) is 0 Å². The highest BCUT2D eigenvalue weighted by Crippen LogP contribution is 2.69. The van der Waals surface area contributed by atoms with Gasteiger partial charge in [-0.1, -0.05) is 46.3 Å². The van der Waals surface area contributed by atoms with Gasteiger partial charge in [0.25, 0.3) is 0 Å². The number of allylic oxidation sites excluding steroid dienone is 5. The monoisotopic (exact) mass is 423 g/mol. The summed E-state index contributed by atoms with van der Waals surface area (Å²) in [6.45, 7) is 11.1. The van der Waals surface area contributed by atoms with Crippen molar-refractivity contribution in [1.29, 1.82) is 0 Å². The third kappa shape index (κ3) is 3.30. The summed E-state index contributed by atoms with van der Waals surface area (Å²) in [7, 11) is 0. The van der Waals surface area contributed by atoms with Gasteiger partial charge in [-0.3, -0.25) is 0 Å². The predicted molar refractivity (Wildman–Crippen MR) is 129 cm³/mol. The van der Waals surface area contributed by atoms with E-state index < -0.39 is 0 Å². The zero-order valence-electron chi connectivity index (χ0n) is 20.5. The molecule has 4 aliphatic carbocycles. The maximum Gasteiger partial charge on any atom is 0.0631 e. The summed E-state index contributed by atoms with van der Waals surface area (Å²) in [4.78, 5) is 0. The molecule has 1 N–H and O–H groups in total. The molecule has 1 heterocycles. The van der Waals surface area contributed by atoms with Gasteiger partial charge in [0, 0.05) is 23.9 Å². The third-order valence-electron chi connectivity index (χ3n) is 10.9. The molecule has 5 aliphatic rings. The fourth-order valence-corrected chi connectivity index (χ4v) is 9.49. The van der Waals surface area contributed by atoms with Crippen molar-refractivity contribution >= 4 is 0 Å². The molecule has 0 aromatic rings. The summed E-state index contributed by atoms with van der Waals surface area (Å²) in [5, 5.41) is 3.68. The van der Waals surface area contributed by atoms with Crippen molar-refractivity contribution in [2.24, 2.45) is 39.9 Å². The maximum absolute atomic E-state index is 6.43. The van der Waals surface area contributed by atoms with Crippen molar-refractivity contribution in [3.63, 3.8) is 0 Å². The first kappa shape index (κ1) is 21.8. The Bertz CT molecular complexity index is 767. The van der Waals surface area contributed by atoms with Crippen LogP contribution in [0.2, 0.25) is 0 Å². The van der Waals surface area contributed by atoms with E-state index in [1.807, 2.05) is 0 Å². The van der Waals surface area contributed by atoms with Gasteiger partial charge in [0.15, 0.2) is 0 Å². The summed E-state index contributed by atoms with van der Waals surface area (Å²) in [6, 6.07) is 0. The Labute approximate surface area is 191 Å². The maximum atomic E-state index is 6.43. The predicted octanol–water partition coefficient (Wildman–Crippen LogP) is 7.39. The quantitative estimate of drug-likeness (QED) is 0.509. The van der Waals surface area contributed by atoms with Crippen LogP contribution in [0.5, 0.6) is 0 Å². The van der Waals surface area contributed by atoms with E-state index in [0.29, 0.717) is 16.9 Å². The van der Waals surface area contributed by atoms with Gasteiger partial charge in [0.1, 0.15) is 0 Å². The van der Waals surface area contributed by atoms with Crippen LogP contribution in [0.1, 0.15) is 91.9 Å². The fraction of sp³-hybridized carbons (Fsp3) is 0.793. The number of rotatable bonds is 4. The number of fused-ring (bicyclic) bond motifs is 5. The highest BCUT2D eigenvalue weighted by Gasteiger charge is 2.63. The van der Waals surface area contributed by atoms with E-state index in [4.69, 9.17) is 4.74 Å².